The molecule has 2 aromatic rings. The average molecular weight is 235 g/mol. The lowest BCUT2D eigenvalue weighted by atomic mass is 10.2. The van der Waals surface area contributed by atoms with Crippen molar-refractivity contribution in [3.05, 3.63) is 35.3 Å². The summed E-state index contributed by atoms with van der Waals surface area (Å²) in [4.78, 5) is 4.33. The number of benzene rings is 1. The van der Waals surface area contributed by atoms with Gasteiger partial charge in [-0.05, 0) is 19.1 Å². The Kier molecular flexibility index (Phi) is 3.54. The van der Waals surface area contributed by atoms with Crippen LogP contribution < -0.4 is 4.74 Å². The van der Waals surface area contributed by atoms with E-state index in [2.05, 4.69) is 4.98 Å². The number of aromatic nitrogens is 1. The van der Waals surface area contributed by atoms with E-state index in [-0.39, 0.29) is 6.61 Å². The van der Waals surface area contributed by atoms with Gasteiger partial charge in [-0.1, -0.05) is 12.1 Å². The normalized spacial score (nSPS) is 10.4. The van der Waals surface area contributed by atoms with Gasteiger partial charge in [0.2, 0.25) is 0 Å². The maximum absolute atomic E-state index is 8.98. The number of para-hydroxylation sites is 1. The molecule has 0 unspecified atom stereocenters. The van der Waals surface area contributed by atoms with Gasteiger partial charge in [0.25, 0.3) is 0 Å². The molecule has 16 heavy (non-hydrogen) atoms. The monoisotopic (exact) mass is 235 g/mol. The number of nitrogens with zero attached hydrogens (tertiary/aromatic N) is 1. The number of hydrogen-bond donors (Lipinski definition) is 1. The van der Waals surface area contributed by atoms with Gasteiger partial charge in [-0.15, -0.1) is 11.3 Å². The number of hydrogen-bond acceptors (Lipinski definition) is 4. The first kappa shape index (κ1) is 11.1. The van der Waals surface area contributed by atoms with Crippen LogP contribution in [0.5, 0.6) is 5.75 Å². The van der Waals surface area contributed by atoms with Gasteiger partial charge in [0.1, 0.15) is 10.8 Å². The molecule has 0 radical (unpaired) electrons. The fraction of sp³-hybridized carbons (Fsp3) is 0.250. The summed E-state index contributed by atoms with van der Waals surface area (Å²) in [5, 5.41) is 11.7. The lowest BCUT2D eigenvalue weighted by Gasteiger charge is -2.07. The Bertz CT molecular complexity index is 468. The Balaban J connectivity index is 2.38. The molecule has 0 aliphatic carbocycles. The third kappa shape index (κ3) is 2.23. The lowest BCUT2D eigenvalue weighted by Crippen LogP contribution is -1.93. The standard InChI is InChI=1S/C12H13NO2S/c1-2-15-11-6-4-3-5-10(11)12-13-9(7-14)8-16-12/h3-6,8,14H,2,7H2,1H3. The number of aliphatic hydroxyl groups is 1. The molecule has 0 amide bonds. The fourth-order valence-electron chi connectivity index (χ4n) is 1.43. The summed E-state index contributed by atoms with van der Waals surface area (Å²) in [6.45, 7) is 2.57. The summed E-state index contributed by atoms with van der Waals surface area (Å²) >= 11 is 1.52. The van der Waals surface area contributed by atoms with E-state index in [1.807, 2.05) is 36.6 Å². The zero-order valence-electron chi connectivity index (χ0n) is 9.01. The topological polar surface area (TPSA) is 42.4 Å². The molecule has 1 N–H and O–H groups in total. The Labute approximate surface area is 98.4 Å². The van der Waals surface area contributed by atoms with Crippen LogP contribution in [0.25, 0.3) is 10.6 Å². The summed E-state index contributed by atoms with van der Waals surface area (Å²) in [6.07, 6.45) is 0. The minimum absolute atomic E-state index is 0.0205. The van der Waals surface area contributed by atoms with Crippen molar-refractivity contribution in [1.29, 1.82) is 0 Å². The third-order valence-corrected chi connectivity index (χ3v) is 3.06. The first-order chi connectivity index (χ1) is 7.85. The highest BCUT2D eigenvalue weighted by molar-refractivity contribution is 7.13. The summed E-state index contributed by atoms with van der Waals surface area (Å²) < 4.78 is 5.54. The fourth-order valence-corrected chi connectivity index (χ4v) is 2.27. The van der Waals surface area contributed by atoms with Gasteiger partial charge in [-0.3, -0.25) is 0 Å². The quantitative estimate of drug-likeness (QED) is 0.886. The first-order valence-electron chi connectivity index (χ1n) is 5.12. The van der Waals surface area contributed by atoms with Crippen LogP contribution in [-0.4, -0.2) is 16.7 Å². The van der Waals surface area contributed by atoms with Crippen LogP contribution in [0.2, 0.25) is 0 Å². The van der Waals surface area contributed by atoms with Crippen molar-refractivity contribution in [2.24, 2.45) is 0 Å². The van der Waals surface area contributed by atoms with Crippen molar-refractivity contribution >= 4 is 11.3 Å². The molecule has 0 atom stereocenters. The average Bonchev–Trinajstić information content (AvgIpc) is 2.79. The summed E-state index contributed by atoms with van der Waals surface area (Å²) in [7, 11) is 0. The molecule has 0 saturated carbocycles. The van der Waals surface area contributed by atoms with Gasteiger partial charge in [-0.25, -0.2) is 4.98 Å². The summed E-state index contributed by atoms with van der Waals surface area (Å²) in [6, 6.07) is 7.80. The summed E-state index contributed by atoms with van der Waals surface area (Å²) in [5.41, 5.74) is 1.68. The third-order valence-electron chi connectivity index (χ3n) is 2.13. The van der Waals surface area contributed by atoms with Crippen LogP contribution in [0.4, 0.5) is 0 Å². The van der Waals surface area contributed by atoms with Crippen molar-refractivity contribution in [1.82, 2.24) is 4.98 Å². The molecule has 0 aliphatic rings. The molecule has 1 aromatic heterocycles. The van der Waals surface area contributed by atoms with E-state index in [9.17, 15) is 0 Å². The van der Waals surface area contributed by atoms with E-state index in [0.29, 0.717) is 12.3 Å². The summed E-state index contributed by atoms with van der Waals surface area (Å²) in [5.74, 6) is 0.837. The Hall–Kier alpha value is -1.39. The first-order valence-corrected chi connectivity index (χ1v) is 6.00. The van der Waals surface area contributed by atoms with Gasteiger partial charge in [0, 0.05) is 5.38 Å². The largest absolute Gasteiger partial charge is 0.493 e. The molecule has 1 heterocycles. The lowest BCUT2D eigenvalue weighted by molar-refractivity contribution is 0.277. The molecule has 0 saturated heterocycles. The molecule has 0 spiro atoms. The van der Waals surface area contributed by atoms with E-state index < -0.39 is 0 Å². The van der Waals surface area contributed by atoms with Crippen LogP contribution in [0.1, 0.15) is 12.6 Å². The van der Waals surface area contributed by atoms with Crippen molar-refractivity contribution in [3.8, 4) is 16.3 Å². The van der Waals surface area contributed by atoms with E-state index in [4.69, 9.17) is 9.84 Å². The number of ether oxygens (including phenoxy) is 1. The maximum Gasteiger partial charge on any atom is 0.129 e. The SMILES string of the molecule is CCOc1ccccc1-c1nc(CO)cs1. The van der Waals surface area contributed by atoms with Gasteiger partial charge in [0.05, 0.1) is 24.5 Å². The minimum Gasteiger partial charge on any atom is -0.493 e. The Morgan fingerprint density at radius 2 is 2.19 bits per heavy atom. The van der Waals surface area contributed by atoms with E-state index in [1.165, 1.54) is 11.3 Å². The maximum atomic E-state index is 8.98. The molecule has 0 fully saturated rings. The highest BCUT2D eigenvalue weighted by Crippen LogP contribution is 2.32. The molecule has 0 aliphatic heterocycles. The Morgan fingerprint density at radius 1 is 1.38 bits per heavy atom. The van der Waals surface area contributed by atoms with E-state index in [1.54, 1.807) is 0 Å². The number of aliphatic hydroxyl groups excluding tert-OH is 1. The van der Waals surface area contributed by atoms with Crippen LogP contribution in [0.15, 0.2) is 29.6 Å². The number of rotatable bonds is 4. The van der Waals surface area contributed by atoms with Crippen LogP contribution in [-0.2, 0) is 6.61 Å². The van der Waals surface area contributed by atoms with Gasteiger partial charge in [0.15, 0.2) is 0 Å². The molecule has 84 valence electrons. The molecular weight excluding hydrogens is 222 g/mol. The van der Waals surface area contributed by atoms with Crippen LogP contribution in [0, 0.1) is 0 Å². The van der Waals surface area contributed by atoms with Crippen molar-refractivity contribution in [2.45, 2.75) is 13.5 Å². The zero-order valence-corrected chi connectivity index (χ0v) is 9.83. The second-order valence-corrected chi connectivity index (χ2v) is 4.09. The second kappa shape index (κ2) is 5.09. The van der Waals surface area contributed by atoms with Crippen LogP contribution in [0.3, 0.4) is 0 Å². The van der Waals surface area contributed by atoms with Crippen molar-refractivity contribution < 1.29 is 9.84 Å². The molecule has 4 heteroatoms. The Morgan fingerprint density at radius 3 is 2.88 bits per heavy atom. The van der Waals surface area contributed by atoms with Gasteiger partial charge in [-0.2, -0.15) is 0 Å². The highest BCUT2D eigenvalue weighted by atomic mass is 32.1. The van der Waals surface area contributed by atoms with Crippen molar-refractivity contribution in [2.75, 3.05) is 6.61 Å². The number of thiazole rings is 1. The highest BCUT2D eigenvalue weighted by Gasteiger charge is 2.09. The van der Waals surface area contributed by atoms with E-state index in [0.717, 1.165) is 16.3 Å². The molecule has 0 bridgehead atoms. The molecular formula is C12H13NO2S. The van der Waals surface area contributed by atoms with Gasteiger partial charge >= 0.3 is 0 Å². The predicted molar refractivity (Wildman–Crippen MR) is 64.6 cm³/mol. The minimum atomic E-state index is -0.0205. The second-order valence-electron chi connectivity index (χ2n) is 3.23. The molecule has 3 nitrogen and oxygen atoms in total. The molecule has 1 aromatic carbocycles. The van der Waals surface area contributed by atoms with Crippen LogP contribution >= 0.6 is 11.3 Å². The smallest absolute Gasteiger partial charge is 0.129 e. The molecule has 2 rings (SSSR count). The zero-order chi connectivity index (χ0) is 11.4. The predicted octanol–water partition coefficient (Wildman–Crippen LogP) is 2.70. The van der Waals surface area contributed by atoms with Crippen molar-refractivity contribution in [3.63, 3.8) is 0 Å². The van der Waals surface area contributed by atoms with Gasteiger partial charge < -0.3 is 9.84 Å². The van der Waals surface area contributed by atoms with E-state index >= 15 is 0 Å².